The van der Waals surface area contributed by atoms with Gasteiger partial charge in [-0.3, -0.25) is 4.79 Å². The molecule has 128 valence electrons. The average molecular weight is 373 g/mol. The number of aliphatic hydroxyl groups is 2. The van der Waals surface area contributed by atoms with Crippen molar-refractivity contribution in [3.05, 3.63) is 45.1 Å². The number of benzene rings is 1. The number of hydrogen-bond donors (Lipinski definition) is 3. The number of ether oxygens (including phenoxy) is 1. The number of aromatic nitrogens is 1. The smallest absolute Gasteiger partial charge is 0.275 e. The molecule has 0 spiro atoms. The molecule has 1 saturated heterocycles. The molecule has 1 fully saturated rings. The van der Waals surface area contributed by atoms with E-state index in [0.717, 1.165) is 6.07 Å². The SMILES string of the molecule is O=C(Nc1ccc(F)c(Cl)c1)c1csc([C@H]2C[C@H](O)[C@@H](CO)O2)n1. The summed E-state index contributed by atoms with van der Waals surface area (Å²) in [6.07, 6.45) is -1.54. The fourth-order valence-corrected chi connectivity index (χ4v) is 3.39. The summed E-state index contributed by atoms with van der Waals surface area (Å²) in [5.74, 6) is -1.03. The highest BCUT2D eigenvalue weighted by Gasteiger charge is 2.36. The fraction of sp³-hybridized carbons (Fsp3) is 0.333. The Hall–Kier alpha value is -1.58. The van der Waals surface area contributed by atoms with Crippen LogP contribution in [0.3, 0.4) is 0 Å². The highest BCUT2D eigenvalue weighted by Crippen LogP contribution is 2.34. The first-order valence-corrected chi connectivity index (χ1v) is 8.40. The highest BCUT2D eigenvalue weighted by molar-refractivity contribution is 7.09. The molecule has 9 heteroatoms. The molecule has 1 aromatic heterocycles. The molecular formula is C15H14ClFN2O4S. The molecule has 3 rings (SSSR count). The maximum atomic E-state index is 13.1. The van der Waals surface area contributed by atoms with Gasteiger partial charge < -0.3 is 20.3 Å². The van der Waals surface area contributed by atoms with Gasteiger partial charge in [-0.1, -0.05) is 11.6 Å². The van der Waals surface area contributed by atoms with E-state index in [2.05, 4.69) is 10.3 Å². The Morgan fingerprint density at radius 1 is 1.54 bits per heavy atom. The van der Waals surface area contributed by atoms with Crippen molar-refractivity contribution in [1.82, 2.24) is 4.98 Å². The normalized spacial score (nSPS) is 23.4. The molecule has 6 nitrogen and oxygen atoms in total. The van der Waals surface area contributed by atoms with Gasteiger partial charge in [-0.25, -0.2) is 9.37 Å². The van der Waals surface area contributed by atoms with Crippen LogP contribution in [0.2, 0.25) is 5.02 Å². The summed E-state index contributed by atoms with van der Waals surface area (Å²) in [6, 6.07) is 3.87. The van der Waals surface area contributed by atoms with E-state index in [1.54, 1.807) is 5.38 Å². The molecule has 0 radical (unpaired) electrons. The molecule has 3 N–H and O–H groups in total. The third-order valence-corrected chi connectivity index (χ3v) is 4.84. The van der Waals surface area contributed by atoms with Gasteiger partial charge in [0.1, 0.15) is 28.7 Å². The van der Waals surface area contributed by atoms with Gasteiger partial charge >= 0.3 is 0 Å². The lowest BCUT2D eigenvalue weighted by Gasteiger charge is -2.09. The van der Waals surface area contributed by atoms with Crippen molar-refractivity contribution >= 4 is 34.5 Å². The zero-order valence-corrected chi connectivity index (χ0v) is 13.9. The fourth-order valence-electron chi connectivity index (χ4n) is 2.36. The van der Waals surface area contributed by atoms with Gasteiger partial charge in [0.2, 0.25) is 0 Å². The Morgan fingerprint density at radius 2 is 2.33 bits per heavy atom. The number of anilines is 1. The summed E-state index contributed by atoms with van der Waals surface area (Å²) in [7, 11) is 0. The first kappa shape index (κ1) is 17.2. The Balaban J connectivity index is 1.69. The molecule has 24 heavy (non-hydrogen) atoms. The van der Waals surface area contributed by atoms with Gasteiger partial charge in [0.15, 0.2) is 0 Å². The minimum atomic E-state index is -0.762. The third-order valence-electron chi connectivity index (χ3n) is 3.61. The van der Waals surface area contributed by atoms with Gasteiger partial charge in [-0.15, -0.1) is 11.3 Å². The first-order valence-electron chi connectivity index (χ1n) is 7.14. The van der Waals surface area contributed by atoms with Crippen molar-refractivity contribution in [2.75, 3.05) is 11.9 Å². The van der Waals surface area contributed by atoms with E-state index in [0.29, 0.717) is 17.1 Å². The maximum absolute atomic E-state index is 13.1. The lowest BCUT2D eigenvalue weighted by molar-refractivity contribution is -0.0226. The van der Waals surface area contributed by atoms with Gasteiger partial charge in [0.25, 0.3) is 5.91 Å². The van der Waals surface area contributed by atoms with E-state index >= 15 is 0 Å². The van der Waals surface area contributed by atoms with Crippen LogP contribution in [0.4, 0.5) is 10.1 Å². The largest absolute Gasteiger partial charge is 0.394 e. The molecule has 1 aromatic carbocycles. The van der Waals surface area contributed by atoms with Gasteiger partial charge in [0.05, 0.1) is 17.7 Å². The number of nitrogens with one attached hydrogen (secondary N) is 1. The lowest BCUT2D eigenvalue weighted by atomic mass is 10.1. The maximum Gasteiger partial charge on any atom is 0.275 e. The van der Waals surface area contributed by atoms with Gasteiger partial charge in [-0.2, -0.15) is 0 Å². The minimum absolute atomic E-state index is 0.0878. The van der Waals surface area contributed by atoms with E-state index in [1.165, 1.54) is 23.5 Å². The van der Waals surface area contributed by atoms with Crippen molar-refractivity contribution < 1.29 is 24.1 Å². The topological polar surface area (TPSA) is 91.7 Å². The zero-order valence-electron chi connectivity index (χ0n) is 12.3. The van der Waals surface area contributed by atoms with Gasteiger partial charge in [-0.05, 0) is 18.2 Å². The Bertz CT molecular complexity index is 757. The second kappa shape index (κ2) is 7.12. The van der Waals surface area contributed by atoms with Gasteiger partial charge in [0, 0.05) is 17.5 Å². The Morgan fingerprint density at radius 3 is 3.00 bits per heavy atom. The van der Waals surface area contributed by atoms with Crippen LogP contribution in [0.1, 0.15) is 28.0 Å². The van der Waals surface area contributed by atoms with Crippen molar-refractivity contribution in [1.29, 1.82) is 0 Å². The van der Waals surface area contributed by atoms with Crippen molar-refractivity contribution in [3.8, 4) is 0 Å². The van der Waals surface area contributed by atoms with E-state index < -0.39 is 30.0 Å². The van der Waals surface area contributed by atoms with Crippen molar-refractivity contribution in [2.24, 2.45) is 0 Å². The molecular weight excluding hydrogens is 359 g/mol. The summed E-state index contributed by atoms with van der Waals surface area (Å²) in [5.41, 5.74) is 0.537. The van der Waals surface area contributed by atoms with E-state index in [1.807, 2.05) is 0 Å². The molecule has 1 aliphatic rings. The van der Waals surface area contributed by atoms with Crippen LogP contribution in [0.15, 0.2) is 23.6 Å². The summed E-state index contributed by atoms with van der Waals surface area (Å²) >= 11 is 6.90. The molecule has 0 aliphatic carbocycles. The Kier molecular flexibility index (Phi) is 5.12. The van der Waals surface area contributed by atoms with Crippen LogP contribution in [-0.2, 0) is 4.74 Å². The first-order chi connectivity index (χ1) is 11.5. The molecule has 1 amide bonds. The minimum Gasteiger partial charge on any atom is -0.394 e. The van der Waals surface area contributed by atoms with Crippen LogP contribution < -0.4 is 5.32 Å². The second-order valence-corrected chi connectivity index (χ2v) is 6.60. The van der Waals surface area contributed by atoms with Crippen LogP contribution in [0, 0.1) is 5.82 Å². The monoisotopic (exact) mass is 372 g/mol. The third kappa shape index (κ3) is 3.57. The van der Waals surface area contributed by atoms with E-state index in [9.17, 15) is 14.3 Å². The van der Waals surface area contributed by atoms with E-state index in [4.69, 9.17) is 21.4 Å². The number of halogens is 2. The number of nitrogens with zero attached hydrogens (tertiary/aromatic N) is 1. The average Bonchev–Trinajstić information content (AvgIpc) is 3.17. The lowest BCUT2D eigenvalue weighted by Crippen LogP contribution is -2.24. The molecule has 0 bridgehead atoms. The summed E-state index contributed by atoms with van der Waals surface area (Å²) in [4.78, 5) is 16.4. The summed E-state index contributed by atoms with van der Waals surface area (Å²) in [5, 5.41) is 23.5. The van der Waals surface area contributed by atoms with E-state index in [-0.39, 0.29) is 17.3 Å². The standard InChI is InChI=1S/C15H14ClFN2O4S/c16-8-3-7(1-2-9(8)17)18-14(22)10-6-24-15(19-10)12-4-11(21)13(5-20)23-12/h1-3,6,11-13,20-21H,4-5H2,(H,18,22)/t11-,12+,13+/m0/s1. The molecule has 0 saturated carbocycles. The molecule has 1 aliphatic heterocycles. The van der Waals surface area contributed by atoms with Crippen LogP contribution in [0.25, 0.3) is 0 Å². The number of hydrogen-bond acceptors (Lipinski definition) is 6. The second-order valence-electron chi connectivity index (χ2n) is 5.30. The van der Waals surface area contributed by atoms with Crippen LogP contribution in [-0.4, -0.2) is 39.9 Å². The summed E-state index contributed by atoms with van der Waals surface area (Å²) in [6.45, 7) is -0.276. The predicted molar refractivity (Wildman–Crippen MR) is 86.8 cm³/mol. The number of thiazole rings is 1. The predicted octanol–water partition coefficient (Wildman–Crippen LogP) is 2.37. The molecule has 3 atom stereocenters. The zero-order chi connectivity index (χ0) is 17.3. The highest BCUT2D eigenvalue weighted by atomic mass is 35.5. The van der Waals surface area contributed by atoms with Crippen LogP contribution >= 0.6 is 22.9 Å². The Labute approximate surface area is 145 Å². The quantitative estimate of drug-likeness (QED) is 0.766. The molecule has 2 aromatic rings. The number of carbonyl (C=O) groups is 1. The number of rotatable bonds is 4. The number of amides is 1. The number of carbonyl (C=O) groups excluding carboxylic acids is 1. The van der Waals surface area contributed by atoms with Crippen LogP contribution in [0.5, 0.6) is 0 Å². The number of aliphatic hydroxyl groups excluding tert-OH is 2. The van der Waals surface area contributed by atoms with Crippen molar-refractivity contribution in [3.63, 3.8) is 0 Å². The molecule has 2 heterocycles. The van der Waals surface area contributed by atoms with Crippen molar-refractivity contribution in [2.45, 2.75) is 24.7 Å². The summed E-state index contributed by atoms with van der Waals surface area (Å²) < 4.78 is 18.6. The molecule has 0 unspecified atom stereocenters.